The summed E-state index contributed by atoms with van der Waals surface area (Å²) < 4.78 is 5.68. The van der Waals surface area contributed by atoms with Crippen molar-refractivity contribution in [3.63, 3.8) is 0 Å². The Morgan fingerprint density at radius 2 is 1.95 bits per heavy atom. The van der Waals surface area contributed by atoms with Gasteiger partial charge >= 0.3 is 0 Å². The number of hydrogen-bond acceptors (Lipinski definition) is 5. The van der Waals surface area contributed by atoms with Crippen molar-refractivity contribution in [3.8, 4) is 11.5 Å². The molecule has 1 aliphatic rings. The van der Waals surface area contributed by atoms with Gasteiger partial charge in [-0.05, 0) is 31.9 Å². The number of aryl methyl sites for hydroxylation is 1. The van der Waals surface area contributed by atoms with E-state index in [1.54, 1.807) is 0 Å². The van der Waals surface area contributed by atoms with E-state index in [9.17, 15) is 0 Å². The minimum absolute atomic E-state index is 0.0823. The summed E-state index contributed by atoms with van der Waals surface area (Å²) in [5, 5.41) is 9.03. The summed E-state index contributed by atoms with van der Waals surface area (Å²) in [7, 11) is 0. The second-order valence-electron chi connectivity index (χ2n) is 5.80. The molecular weight excluding hydrogens is 278 g/mol. The third kappa shape index (κ3) is 3.30. The van der Waals surface area contributed by atoms with Crippen LogP contribution in [0.15, 0.2) is 22.7 Å². The zero-order valence-electron chi connectivity index (χ0n) is 13.1. The van der Waals surface area contributed by atoms with Crippen LogP contribution in [0.3, 0.4) is 0 Å². The molecule has 0 saturated carbocycles. The molecule has 5 nitrogen and oxygen atoms in total. The number of anilines is 1. The molecule has 0 amide bonds. The molecule has 0 spiro atoms. The first-order valence-electron chi connectivity index (χ1n) is 8.06. The summed E-state index contributed by atoms with van der Waals surface area (Å²) in [6.45, 7) is 4.13. The molecular formula is C17H23N3O2. The van der Waals surface area contributed by atoms with E-state index in [1.807, 2.05) is 25.3 Å². The molecule has 0 aromatic carbocycles. The largest absolute Gasteiger partial charge is 0.441 e. The highest BCUT2D eigenvalue weighted by molar-refractivity contribution is 5.55. The fraction of sp³-hybridized carbons (Fsp3) is 0.529. The van der Waals surface area contributed by atoms with E-state index < -0.39 is 0 Å². The van der Waals surface area contributed by atoms with Gasteiger partial charge in [0, 0.05) is 32.3 Å². The first-order chi connectivity index (χ1) is 10.8. The Balaban J connectivity index is 1.77. The van der Waals surface area contributed by atoms with Crippen LogP contribution in [0.5, 0.6) is 0 Å². The van der Waals surface area contributed by atoms with Crippen LogP contribution in [0.2, 0.25) is 0 Å². The molecule has 0 aliphatic carbocycles. The van der Waals surface area contributed by atoms with Crippen LogP contribution in [0.1, 0.15) is 37.1 Å². The Morgan fingerprint density at radius 3 is 2.59 bits per heavy atom. The van der Waals surface area contributed by atoms with Gasteiger partial charge in [-0.2, -0.15) is 0 Å². The van der Waals surface area contributed by atoms with Gasteiger partial charge in [0.1, 0.15) is 11.6 Å². The average molecular weight is 301 g/mol. The second kappa shape index (κ2) is 6.92. The predicted octanol–water partition coefficient (Wildman–Crippen LogP) is 2.96. The SMILES string of the molecule is Cc1oc(-c2ccc(N3CCCCCC3)nc2)nc1CCO. The Kier molecular flexibility index (Phi) is 4.73. The monoisotopic (exact) mass is 301 g/mol. The van der Waals surface area contributed by atoms with Crippen molar-refractivity contribution in [1.29, 1.82) is 0 Å². The van der Waals surface area contributed by atoms with Crippen LogP contribution in [0.4, 0.5) is 5.82 Å². The van der Waals surface area contributed by atoms with Crippen molar-refractivity contribution in [3.05, 3.63) is 29.8 Å². The minimum atomic E-state index is 0.0823. The van der Waals surface area contributed by atoms with Crippen molar-refractivity contribution in [2.75, 3.05) is 24.6 Å². The van der Waals surface area contributed by atoms with Crippen LogP contribution in [-0.4, -0.2) is 34.8 Å². The molecule has 22 heavy (non-hydrogen) atoms. The third-order valence-electron chi connectivity index (χ3n) is 4.17. The first kappa shape index (κ1) is 15.0. The van der Waals surface area contributed by atoms with Gasteiger partial charge < -0.3 is 14.4 Å². The number of aliphatic hydroxyl groups is 1. The zero-order chi connectivity index (χ0) is 15.4. The van der Waals surface area contributed by atoms with E-state index in [1.165, 1.54) is 25.7 Å². The van der Waals surface area contributed by atoms with Crippen molar-refractivity contribution in [1.82, 2.24) is 9.97 Å². The second-order valence-corrected chi connectivity index (χ2v) is 5.80. The van der Waals surface area contributed by atoms with Gasteiger partial charge in [0.2, 0.25) is 5.89 Å². The number of hydrogen-bond donors (Lipinski definition) is 1. The van der Waals surface area contributed by atoms with Crippen LogP contribution in [-0.2, 0) is 6.42 Å². The summed E-state index contributed by atoms with van der Waals surface area (Å²) in [5.41, 5.74) is 1.69. The summed E-state index contributed by atoms with van der Waals surface area (Å²) in [5.74, 6) is 2.38. The summed E-state index contributed by atoms with van der Waals surface area (Å²) in [6.07, 6.45) is 7.47. The molecule has 3 rings (SSSR count). The number of aromatic nitrogens is 2. The highest BCUT2D eigenvalue weighted by Gasteiger charge is 2.14. The van der Waals surface area contributed by atoms with E-state index in [2.05, 4.69) is 14.9 Å². The standard InChI is InChI=1S/C17H23N3O2/c1-13-15(8-11-21)19-17(22-13)14-6-7-16(18-12-14)20-9-4-2-3-5-10-20/h6-7,12,21H,2-5,8-11H2,1H3. The maximum Gasteiger partial charge on any atom is 0.228 e. The maximum atomic E-state index is 9.03. The molecule has 0 radical (unpaired) electrons. The topological polar surface area (TPSA) is 62.4 Å². The predicted molar refractivity (Wildman–Crippen MR) is 85.9 cm³/mol. The van der Waals surface area contributed by atoms with Crippen molar-refractivity contribution in [2.45, 2.75) is 39.0 Å². The summed E-state index contributed by atoms with van der Waals surface area (Å²) >= 11 is 0. The maximum absolute atomic E-state index is 9.03. The fourth-order valence-corrected chi connectivity index (χ4v) is 2.89. The summed E-state index contributed by atoms with van der Waals surface area (Å²) in [4.78, 5) is 11.4. The number of rotatable bonds is 4. The van der Waals surface area contributed by atoms with Crippen molar-refractivity contribution in [2.24, 2.45) is 0 Å². The summed E-state index contributed by atoms with van der Waals surface area (Å²) in [6, 6.07) is 4.06. The number of oxazole rings is 1. The van der Waals surface area contributed by atoms with Crippen LogP contribution in [0.25, 0.3) is 11.5 Å². The van der Waals surface area contributed by atoms with Crippen molar-refractivity contribution < 1.29 is 9.52 Å². The highest BCUT2D eigenvalue weighted by atomic mass is 16.4. The zero-order valence-corrected chi connectivity index (χ0v) is 13.1. The Morgan fingerprint density at radius 1 is 1.18 bits per heavy atom. The van der Waals surface area contributed by atoms with E-state index in [0.717, 1.165) is 35.9 Å². The van der Waals surface area contributed by atoms with Crippen LogP contribution < -0.4 is 4.90 Å². The molecule has 0 atom stereocenters. The molecule has 0 bridgehead atoms. The Hall–Kier alpha value is -1.88. The van der Waals surface area contributed by atoms with Gasteiger partial charge in [0.25, 0.3) is 0 Å². The molecule has 118 valence electrons. The van der Waals surface area contributed by atoms with Crippen LogP contribution in [0, 0.1) is 6.92 Å². The van der Waals surface area contributed by atoms with E-state index in [0.29, 0.717) is 12.3 Å². The molecule has 2 aromatic heterocycles. The smallest absolute Gasteiger partial charge is 0.228 e. The molecule has 2 aromatic rings. The molecule has 1 saturated heterocycles. The van der Waals surface area contributed by atoms with Gasteiger partial charge in [0.15, 0.2) is 0 Å². The van der Waals surface area contributed by atoms with Gasteiger partial charge in [0.05, 0.1) is 11.3 Å². The lowest BCUT2D eigenvalue weighted by Gasteiger charge is -2.21. The van der Waals surface area contributed by atoms with Gasteiger partial charge in [-0.3, -0.25) is 0 Å². The number of nitrogens with zero attached hydrogens (tertiary/aromatic N) is 3. The quantitative estimate of drug-likeness (QED) is 0.940. The van der Waals surface area contributed by atoms with E-state index >= 15 is 0 Å². The van der Waals surface area contributed by atoms with Gasteiger partial charge in [-0.1, -0.05) is 12.8 Å². The molecule has 5 heteroatoms. The lowest BCUT2D eigenvalue weighted by molar-refractivity contribution is 0.297. The van der Waals surface area contributed by atoms with E-state index in [4.69, 9.17) is 9.52 Å². The van der Waals surface area contributed by atoms with Crippen molar-refractivity contribution >= 4 is 5.82 Å². The minimum Gasteiger partial charge on any atom is -0.441 e. The first-order valence-corrected chi connectivity index (χ1v) is 8.06. The average Bonchev–Trinajstić information content (AvgIpc) is 2.76. The molecule has 1 N–H and O–H groups in total. The molecule has 1 fully saturated rings. The molecule has 0 unspecified atom stereocenters. The number of aliphatic hydroxyl groups excluding tert-OH is 1. The van der Waals surface area contributed by atoms with E-state index in [-0.39, 0.29) is 6.61 Å². The van der Waals surface area contributed by atoms with Crippen LogP contribution >= 0.6 is 0 Å². The normalized spacial score (nSPS) is 15.8. The molecule has 1 aliphatic heterocycles. The lowest BCUT2D eigenvalue weighted by Crippen LogP contribution is -2.24. The number of pyridine rings is 1. The molecule has 3 heterocycles. The Bertz CT molecular complexity index is 599. The third-order valence-corrected chi connectivity index (χ3v) is 4.17. The van der Waals surface area contributed by atoms with Gasteiger partial charge in [-0.15, -0.1) is 0 Å². The lowest BCUT2D eigenvalue weighted by atomic mass is 10.2. The Labute approximate surface area is 131 Å². The van der Waals surface area contributed by atoms with Gasteiger partial charge in [-0.25, -0.2) is 9.97 Å². The highest BCUT2D eigenvalue weighted by Crippen LogP contribution is 2.24. The fourth-order valence-electron chi connectivity index (χ4n) is 2.89.